The zero-order valence-electron chi connectivity index (χ0n) is 11.9. The fourth-order valence-electron chi connectivity index (χ4n) is 2.11. The summed E-state index contributed by atoms with van der Waals surface area (Å²) in [6.45, 7) is 1.88. The fraction of sp³-hybridized carbons (Fsp3) is 0.188. The maximum absolute atomic E-state index is 12.5. The van der Waals surface area contributed by atoms with Gasteiger partial charge in [-0.05, 0) is 48.9 Å². The smallest absolute Gasteiger partial charge is 0.123 e. The van der Waals surface area contributed by atoms with Gasteiger partial charge in [0.2, 0.25) is 0 Å². The number of nitriles is 1. The Morgan fingerprint density at radius 3 is 2.67 bits per heavy atom. The number of hydrogen-bond acceptors (Lipinski definition) is 4. The van der Waals surface area contributed by atoms with Gasteiger partial charge in [0.15, 0.2) is 0 Å². The molecule has 0 saturated carbocycles. The standard InChI is InChI=1S/C16H16N2O2S/c1-11-7-14(18)4-6-16(11)21(19)10-13-8-12(9-17)3-5-15(13)20-2/h3-8H,10,18H2,1-2H3. The molecule has 0 spiro atoms. The molecule has 108 valence electrons. The molecule has 0 amide bonds. The molecule has 2 aromatic rings. The van der Waals surface area contributed by atoms with Crippen molar-refractivity contribution in [3.8, 4) is 11.8 Å². The SMILES string of the molecule is COc1ccc(C#N)cc1CS(=O)c1ccc(N)cc1C. The van der Waals surface area contributed by atoms with Crippen molar-refractivity contribution in [1.82, 2.24) is 0 Å². The first kappa shape index (κ1) is 15.1. The van der Waals surface area contributed by atoms with Crippen molar-refractivity contribution in [3.05, 3.63) is 53.1 Å². The quantitative estimate of drug-likeness (QED) is 0.881. The van der Waals surface area contributed by atoms with Crippen molar-refractivity contribution >= 4 is 16.5 Å². The molecule has 0 aromatic heterocycles. The van der Waals surface area contributed by atoms with E-state index in [1.54, 1.807) is 43.5 Å². The molecule has 0 aliphatic rings. The molecular weight excluding hydrogens is 284 g/mol. The summed E-state index contributed by atoms with van der Waals surface area (Å²) in [6, 6.07) is 12.5. The molecule has 5 heteroatoms. The van der Waals surface area contributed by atoms with Gasteiger partial charge in [-0.2, -0.15) is 5.26 Å². The lowest BCUT2D eigenvalue weighted by molar-refractivity contribution is 0.411. The molecule has 4 nitrogen and oxygen atoms in total. The second-order valence-electron chi connectivity index (χ2n) is 4.65. The molecule has 0 bridgehead atoms. The van der Waals surface area contributed by atoms with Crippen LogP contribution in [0.25, 0.3) is 0 Å². The van der Waals surface area contributed by atoms with Crippen LogP contribution in [-0.2, 0) is 16.6 Å². The number of anilines is 1. The van der Waals surface area contributed by atoms with Crippen LogP contribution in [-0.4, -0.2) is 11.3 Å². The largest absolute Gasteiger partial charge is 0.496 e. The second kappa shape index (κ2) is 6.42. The predicted octanol–water partition coefficient (Wildman–Crippen LogP) is 2.77. The molecule has 2 aromatic carbocycles. The van der Waals surface area contributed by atoms with E-state index in [4.69, 9.17) is 15.7 Å². The van der Waals surface area contributed by atoms with E-state index in [0.29, 0.717) is 22.8 Å². The highest BCUT2D eigenvalue weighted by Crippen LogP contribution is 2.25. The molecule has 2 rings (SSSR count). The maximum Gasteiger partial charge on any atom is 0.123 e. The summed E-state index contributed by atoms with van der Waals surface area (Å²) in [7, 11) is 0.336. The third-order valence-electron chi connectivity index (χ3n) is 3.14. The van der Waals surface area contributed by atoms with Gasteiger partial charge in [0.05, 0.1) is 35.3 Å². The number of aryl methyl sites for hydroxylation is 1. The lowest BCUT2D eigenvalue weighted by Gasteiger charge is -2.10. The number of ether oxygens (including phenoxy) is 1. The minimum Gasteiger partial charge on any atom is -0.496 e. The van der Waals surface area contributed by atoms with E-state index in [1.165, 1.54) is 0 Å². The van der Waals surface area contributed by atoms with Gasteiger partial charge in [0.1, 0.15) is 5.75 Å². The maximum atomic E-state index is 12.5. The van der Waals surface area contributed by atoms with Crippen LogP contribution in [0.15, 0.2) is 41.3 Å². The van der Waals surface area contributed by atoms with Gasteiger partial charge in [-0.1, -0.05) is 0 Å². The third kappa shape index (κ3) is 3.41. The average molecular weight is 300 g/mol. The van der Waals surface area contributed by atoms with Gasteiger partial charge in [-0.25, -0.2) is 0 Å². The zero-order valence-corrected chi connectivity index (χ0v) is 12.7. The summed E-state index contributed by atoms with van der Waals surface area (Å²) in [5.41, 5.74) is 8.53. The number of methoxy groups -OCH3 is 1. The van der Waals surface area contributed by atoms with E-state index in [9.17, 15) is 4.21 Å². The second-order valence-corrected chi connectivity index (χ2v) is 6.07. The Bertz CT molecular complexity index is 736. The number of nitrogen functional groups attached to an aromatic ring is 1. The average Bonchev–Trinajstić information content (AvgIpc) is 2.46. The molecule has 1 unspecified atom stereocenters. The Balaban J connectivity index is 2.33. The number of nitrogens with two attached hydrogens (primary N) is 1. The molecule has 0 aliphatic carbocycles. The first-order valence-corrected chi connectivity index (χ1v) is 7.68. The summed E-state index contributed by atoms with van der Waals surface area (Å²) in [6.07, 6.45) is 0. The van der Waals surface area contributed by atoms with Crippen molar-refractivity contribution < 1.29 is 8.95 Å². The highest BCUT2D eigenvalue weighted by molar-refractivity contribution is 7.84. The molecule has 0 fully saturated rings. The minimum atomic E-state index is -1.22. The van der Waals surface area contributed by atoms with Crippen LogP contribution in [0.4, 0.5) is 5.69 Å². The monoisotopic (exact) mass is 300 g/mol. The van der Waals surface area contributed by atoms with E-state index in [2.05, 4.69) is 6.07 Å². The third-order valence-corrected chi connectivity index (χ3v) is 4.66. The Labute approximate surface area is 126 Å². The van der Waals surface area contributed by atoms with Gasteiger partial charge in [0, 0.05) is 16.1 Å². The van der Waals surface area contributed by atoms with Crippen LogP contribution < -0.4 is 10.5 Å². The lowest BCUT2D eigenvalue weighted by Crippen LogP contribution is -2.02. The van der Waals surface area contributed by atoms with Crippen LogP contribution in [0, 0.1) is 18.3 Å². The van der Waals surface area contributed by atoms with E-state index >= 15 is 0 Å². The van der Waals surface area contributed by atoms with Crippen LogP contribution in [0.2, 0.25) is 0 Å². The number of rotatable bonds is 4. The molecule has 0 heterocycles. The molecule has 0 saturated heterocycles. The first-order valence-electron chi connectivity index (χ1n) is 6.36. The molecule has 1 atom stereocenters. The molecule has 0 radical (unpaired) electrons. The van der Waals surface area contributed by atoms with Crippen LogP contribution in [0.5, 0.6) is 5.75 Å². The Kier molecular flexibility index (Phi) is 4.61. The van der Waals surface area contributed by atoms with E-state index < -0.39 is 10.8 Å². The van der Waals surface area contributed by atoms with Crippen molar-refractivity contribution in [2.45, 2.75) is 17.6 Å². The van der Waals surface area contributed by atoms with Crippen molar-refractivity contribution in [3.63, 3.8) is 0 Å². The fourth-order valence-corrected chi connectivity index (χ4v) is 3.41. The minimum absolute atomic E-state index is 0.295. The van der Waals surface area contributed by atoms with Gasteiger partial charge >= 0.3 is 0 Å². The normalized spacial score (nSPS) is 11.7. The van der Waals surface area contributed by atoms with Crippen LogP contribution in [0.1, 0.15) is 16.7 Å². The van der Waals surface area contributed by atoms with Crippen LogP contribution >= 0.6 is 0 Å². The van der Waals surface area contributed by atoms with E-state index in [0.717, 1.165) is 16.0 Å². The highest BCUT2D eigenvalue weighted by atomic mass is 32.2. The van der Waals surface area contributed by atoms with Crippen LogP contribution in [0.3, 0.4) is 0 Å². The first-order chi connectivity index (χ1) is 10.0. The summed E-state index contributed by atoms with van der Waals surface area (Å²) < 4.78 is 17.8. The van der Waals surface area contributed by atoms with Gasteiger partial charge in [0.25, 0.3) is 0 Å². The highest BCUT2D eigenvalue weighted by Gasteiger charge is 2.12. The molecule has 0 aliphatic heterocycles. The zero-order chi connectivity index (χ0) is 15.4. The summed E-state index contributed by atoms with van der Waals surface area (Å²) in [5.74, 6) is 0.930. The molecular formula is C16H16N2O2S. The topological polar surface area (TPSA) is 76.1 Å². The van der Waals surface area contributed by atoms with Crippen molar-refractivity contribution in [1.29, 1.82) is 5.26 Å². The Morgan fingerprint density at radius 2 is 2.05 bits per heavy atom. The van der Waals surface area contributed by atoms with Crippen molar-refractivity contribution in [2.75, 3.05) is 12.8 Å². The number of nitrogens with zero attached hydrogens (tertiary/aromatic N) is 1. The lowest BCUT2D eigenvalue weighted by atomic mass is 10.1. The molecule has 21 heavy (non-hydrogen) atoms. The van der Waals surface area contributed by atoms with E-state index in [-0.39, 0.29) is 0 Å². The van der Waals surface area contributed by atoms with Gasteiger partial charge < -0.3 is 10.5 Å². The Hall–Kier alpha value is -2.32. The molecule has 2 N–H and O–H groups in total. The van der Waals surface area contributed by atoms with Gasteiger partial charge in [-0.15, -0.1) is 0 Å². The predicted molar refractivity (Wildman–Crippen MR) is 83.4 cm³/mol. The van der Waals surface area contributed by atoms with Crippen molar-refractivity contribution in [2.24, 2.45) is 0 Å². The number of benzene rings is 2. The van der Waals surface area contributed by atoms with E-state index in [1.807, 2.05) is 6.92 Å². The van der Waals surface area contributed by atoms with Gasteiger partial charge in [-0.3, -0.25) is 4.21 Å². The Morgan fingerprint density at radius 1 is 1.29 bits per heavy atom. The summed E-state index contributed by atoms with van der Waals surface area (Å²) in [4.78, 5) is 0.744. The summed E-state index contributed by atoms with van der Waals surface area (Å²) >= 11 is 0. The summed E-state index contributed by atoms with van der Waals surface area (Å²) in [5, 5.41) is 8.97. The number of hydrogen-bond donors (Lipinski definition) is 1.